The van der Waals surface area contributed by atoms with Crippen LogP contribution in [0.3, 0.4) is 0 Å². The molecular weight excluding hydrogens is 156 g/mol. The van der Waals surface area contributed by atoms with Crippen LogP contribution in [0.5, 0.6) is 0 Å². The summed E-state index contributed by atoms with van der Waals surface area (Å²) in [4.78, 5) is 20.0. The largest absolute Gasteiger partial charge is 0.339 e. The molecule has 0 aromatic carbocycles. The van der Waals surface area contributed by atoms with Gasteiger partial charge in [-0.2, -0.15) is 4.89 Å². The Bertz CT molecular complexity index is 165. The van der Waals surface area contributed by atoms with E-state index in [1.807, 2.05) is 34.6 Å². The van der Waals surface area contributed by atoms with Gasteiger partial charge in [-0.05, 0) is 19.3 Å². The molecule has 3 heteroatoms. The molecule has 0 heterocycles. The van der Waals surface area contributed by atoms with Crippen molar-refractivity contribution in [2.45, 2.75) is 47.1 Å². The van der Waals surface area contributed by atoms with Gasteiger partial charge in [0, 0.05) is 6.92 Å². The number of carbonyl (C=O) groups is 1. The first-order valence-corrected chi connectivity index (χ1v) is 4.03. The molecule has 0 aliphatic rings. The molecule has 0 atom stereocenters. The van der Waals surface area contributed by atoms with Crippen molar-refractivity contribution in [2.75, 3.05) is 0 Å². The van der Waals surface area contributed by atoms with Gasteiger partial charge < -0.3 is 0 Å². The van der Waals surface area contributed by atoms with Crippen molar-refractivity contribution < 1.29 is 14.6 Å². The fraction of sp³-hybridized carbons (Fsp3) is 0.889. The molecule has 3 nitrogen and oxygen atoms in total. The van der Waals surface area contributed by atoms with Gasteiger partial charge in [-0.15, -0.1) is 0 Å². The van der Waals surface area contributed by atoms with Crippen molar-refractivity contribution in [3.05, 3.63) is 0 Å². The second kappa shape index (κ2) is 3.44. The number of hydrogen-bond acceptors (Lipinski definition) is 3. The Kier molecular flexibility index (Phi) is 3.27. The third kappa shape index (κ3) is 3.22. The van der Waals surface area contributed by atoms with Crippen LogP contribution in [0, 0.1) is 5.41 Å². The Morgan fingerprint density at radius 1 is 1.08 bits per heavy atom. The van der Waals surface area contributed by atoms with Crippen LogP contribution in [0.4, 0.5) is 0 Å². The lowest BCUT2D eigenvalue weighted by Crippen LogP contribution is -2.39. The monoisotopic (exact) mass is 174 g/mol. The van der Waals surface area contributed by atoms with Gasteiger partial charge in [-0.3, -0.25) is 4.89 Å². The van der Waals surface area contributed by atoms with Crippen LogP contribution in [-0.4, -0.2) is 11.6 Å². The summed E-state index contributed by atoms with van der Waals surface area (Å²) in [5.74, 6) is -0.424. The molecule has 12 heavy (non-hydrogen) atoms. The van der Waals surface area contributed by atoms with Crippen molar-refractivity contribution in [1.82, 2.24) is 0 Å². The van der Waals surface area contributed by atoms with Gasteiger partial charge in [0.05, 0.1) is 0 Å². The summed E-state index contributed by atoms with van der Waals surface area (Å²) in [5.41, 5.74) is -0.541. The zero-order valence-corrected chi connectivity index (χ0v) is 8.72. The van der Waals surface area contributed by atoms with Crippen molar-refractivity contribution in [3.8, 4) is 0 Å². The molecule has 0 aliphatic carbocycles. The van der Waals surface area contributed by atoms with E-state index in [-0.39, 0.29) is 5.41 Å². The lowest BCUT2D eigenvalue weighted by Gasteiger charge is -2.35. The molecule has 0 amide bonds. The summed E-state index contributed by atoms with van der Waals surface area (Å²) in [6.07, 6.45) is 0. The van der Waals surface area contributed by atoms with E-state index < -0.39 is 11.6 Å². The second-order valence-electron chi connectivity index (χ2n) is 4.42. The van der Waals surface area contributed by atoms with Gasteiger partial charge in [-0.25, -0.2) is 4.79 Å². The van der Waals surface area contributed by atoms with E-state index >= 15 is 0 Å². The minimum Gasteiger partial charge on any atom is -0.298 e. The third-order valence-electron chi connectivity index (χ3n) is 2.17. The van der Waals surface area contributed by atoms with Gasteiger partial charge in [0.25, 0.3) is 0 Å². The number of rotatable bonds is 2. The molecule has 0 saturated carbocycles. The van der Waals surface area contributed by atoms with E-state index in [1.165, 1.54) is 6.92 Å². The molecule has 0 radical (unpaired) electrons. The molecule has 0 aromatic rings. The van der Waals surface area contributed by atoms with Gasteiger partial charge in [-0.1, -0.05) is 20.8 Å². The highest BCUT2D eigenvalue weighted by Gasteiger charge is 2.36. The minimum absolute atomic E-state index is 0.0670. The lowest BCUT2D eigenvalue weighted by molar-refractivity contribution is -0.343. The fourth-order valence-electron chi connectivity index (χ4n) is 0.288. The van der Waals surface area contributed by atoms with E-state index in [1.54, 1.807) is 0 Å². The van der Waals surface area contributed by atoms with Crippen LogP contribution < -0.4 is 0 Å². The van der Waals surface area contributed by atoms with Crippen LogP contribution in [0.2, 0.25) is 0 Å². The zero-order valence-electron chi connectivity index (χ0n) is 8.72. The van der Waals surface area contributed by atoms with Gasteiger partial charge in [0.2, 0.25) is 0 Å². The molecule has 0 saturated heterocycles. The van der Waals surface area contributed by atoms with E-state index in [9.17, 15) is 4.79 Å². The number of hydrogen-bond donors (Lipinski definition) is 0. The standard InChI is InChI=1S/C9H18O3/c1-7(10)11-12-9(5,6)8(2,3)4/h1-6H3. The molecule has 0 unspecified atom stereocenters. The number of carbonyl (C=O) groups excluding carboxylic acids is 1. The first kappa shape index (κ1) is 11.4. The predicted molar refractivity (Wildman–Crippen MR) is 46.4 cm³/mol. The van der Waals surface area contributed by atoms with Crippen molar-refractivity contribution in [3.63, 3.8) is 0 Å². The van der Waals surface area contributed by atoms with Crippen LogP contribution in [0.15, 0.2) is 0 Å². The highest BCUT2D eigenvalue weighted by Crippen LogP contribution is 2.32. The summed E-state index contributed by atoms with van der Waals surface area (Å²) < 4.78 is 0. The summed E-state index contributed by atoms with van der Waals surface area (Å²) in [5, 5.41) is 0. The molecule has 72 valence electrons. The van der Waals surface area contributed by atoms with Crippen LogP contribution in [0.1, 0.15) is 41.5 Å². The van der Waals surface area contributed by atoms with Crippen LogP contribution in [-0.2, 0) is 14.6 Å². The molecule has 0 aliphatic heterocycles. The summed E-state index contributed by atoms with van der Waals surface area (Å²) >= 11 is 0. The molecule has 0 aromatic heterocycles. The van der Waals surface area contributed by atoms with Crippen molar-refractivity contribution >= 4 is 5.97 Å². The molecule has 0 bridgehead atoms. The maximum atomic E-state index is 10.5. The fourth-order valence-corrected chi connectivity index (χ4v) is 0.288. The zero-order chi connectivity index (χ0) is 9.99. The summed E-state index contributed by atoms with van der Waals surface area (Å²) in [7, 11) is 0. The van der Waals surface area contributed by atoms with Gasteiger partial charge in [0.1, 0.15) is 5.60 Å². The predicted octanol–water partition coefficient (Wildman–Crippen LogP) is 2.31. The van der Waals surface area contributed by atoms with Gasteiger partial charge in [0.15, 0.2) is 0 Å². The minimum atomic E-state index is -0.474. The lowest BCUT2D eigenvalue weighted by atomic mass is 9.79. The summed E-state index contributed by atoms with van der Waals surface area (Å²) in [6, 6.07) is 0. The first-order chi connectivity index (χ1) is 5.17. The van der Waals surface area contributed by atoms with E-state index in [0.29, 0.717) is 0 Å². The molecule has 0 spiro atoms. The molecular formula is C9H18O3. The highest BCUT2D eigenvalue weighted by molar-refractivity contribution is 5.65. The second-order valence-corrected chi connectivity index (χ2v) is 4.42. The quantitative estimate of drug-likeness (QED) is 0.476. The molecule has 0 rings (SSSR count). The maximum Gasteiger partial charge on any atom is 0.339 e. The SMILES string of the molecule is CC(=O)OOC(C)(C)C(C)(C)C. The van der Waals surface area contributed by atoms with Crippen molar-refractivity contribution in [1.29, 1.82) is 0 Å². The van der Waals surface area contributed by atoms with Crippen LogP contribution in [0.25, 0.3) is 0 Å². The maximum absolute atomic E-state index is 10.5. The first-order valence-electron chi connectivity index (χ1n) is 4.03. The highest BCUT2D eigenvalue weighted by atomic mass is 17.2. The Morgan fingerprint density at radius 3 is 1.75 bits per heavy atom. The Hall–Kier alpha value is -0.570. The summed E-state index contributed by atoms with van der Waals surface area (Å²) in [6.45, 7) is 11.2. The Morgan fingerprint density at radius 2 is 1.50 bits per heavy atom. The average molecular weight is 174 g/mol. The van der Waals surface area contributed by atoms with Crippen LogP contribution >= 0.6 is 0 Å². The molecule has 0 fully saturated rings. The third-order valence-corrected chi connectivity index (χ3v) is 2.17. The average Bonchev–Trinajstić information content (AvgIpc) is 1.81. The Balaban J connectivity index is 4.14. The smallest absolute Gasteiger partial charge is 0.298 e. The topological polar surface area (TPSA) is 35.5 Å². The van der Waals surface area contributed by atoms with E-state index in [2.05, 4.69) is 4.89 Å². The van der Waals surface area contributed by atoms with Crippen molar-refractivity contribution in [2.24, 2.45) is 5.41 Å². The van der Waals surface area contributed by atoms with E-state index in [0.717, 1.165) is 0 Å². The Labute approximate surface area is 74.0 Å². The van der Waals surface area contributed by atoms with Gasteiger partial charge >= 0.3 is 5.97 Å². The molecule has 0 N–H and O–H groups in total. The van der Waals surface area contributed by atoms with E-state index in [4.69, 9.17) is 4.89 Å². The normalized spacial score (nSPS) is 12.8.